The minimum atomic E-state index is 0.573. The van der Waals surface area contributed by atoms with Crippen LogP contribution in [0.3, 0.4) is 0 Å². The van der Waals surface area contributed by atoms with Gasteiger partial charge in [-0.3, -0.25) is 0 Å². The first-order chi connectivity index (χ1) is 9.74. The van der Waals surface area contributed by atoms with Gasteiger partial charge in [-0.05, 0) is 62.4 Å². The fraction of sp³-hybridized carbons (Fsp3) is 0.562. The van der Waals surface area contributed by atoms with Crippen molar-refractivity contribution in [1.82, 2.24) is 5.32 Å². The molecule has 2 fully saturated rings. The van der Waals surface area contributed by atoms with Crippen LogP contribution in [0.1, 0.15) is 32.6 Å². The minimum Gasteiger partial charge on any atom is -0.494 e. The lowest BCUT2D eigenvalue weighted by Crippen LogP contribution is -2.40. The monoisotopic (exact) mass is 290 g/mol. The smallest absolute Gasteiger partial charge is 0.171 e. The summed E-state index contributed by atoms with van der Waals surface area (Å²) in [6.07, 6.45) is 5.45. The normalized spacial score (nSPS) is 27.4. The number of fused-ring (bicyclic) bond motifs is 2. The first kappa shape index (κ1) is 13.7. The van der Waals surface area contributed by atoms with Gasteiger partial charge in [-0.1, -0.05) is 12.5 Å². The lowest BCUT2D eigenvalue weighted by Gasteiger charge is -2.24. The molecule has 0 heterocycles. The first-order valence-electron chi connectivity index (χ1n) is 7.55. The predicted octanol–water partition coefficient (Wildman–Crippen LogP) is 3.56. The SMILES string of the molecule is CCOc1cccc(NC(=S)N[C@H]2C[C@H]3CC[C@H]2C3)c1. The van der Waals surface area contributed by atoms with Crippen LogP contribution in [0.25, 0.3) is 0 Å². The van der Waals surface area contributed by atoms with Crippen molar-refractivity contribution in [2.75, 3.05) is 11.9 Å². The summed E-state index contributed by atoms with van der Waals surface area (Å²) in [6, 6.07) is 8.51. The van der Waals surface area contributed by atoms with E-state index in [1.54, 1.807) is 0 Å². The molecule has 20 heavy (non-hydrogen) atoms. The number of ether oxygens (including phenoxy) is 1. The maximum absolute atomic E-state index is 5.50. The van der Waals surface area contributed by atoms with Gasteiger partial charge in [0.05, 0.1) is 6.61 Å². The molecule has 0 saturated heterocycles. The molecule has 4 heteroatoms. The average Bonchev–Trinajstić information content (AvgIpc) is 3.01. The highest BCUT2D eigenvalue weighted by molar-refractivity contribution is 7.80. The number of thiocarbonyl (C=S) groups is 1. The van der Waals surface area contributed by atoms with Gasteiger partial charge in [0.2, 0.25) is 0 Å². The molecular weight excluding hydrogens is 268 g/mol. The molecule has 0 radical (unpaired) electrons. The molecule has 2 N–H and O–H groups in total. The summed E-state index contributed by atoms with van der Waals surface area (Å²) >= 11 is 5.43. The molecular formula is C16H22N2OS. The molecule has 3 rings (SSSR count). The largest absolute Gasteiger partial charge is 0.494 e. The number of hydrogen-bond acceptors (Lipinski definition) is 2. The fourth-order valence-corrected chi connectivity index (χ4v) is 3.86. The van der Waals surface area contributed by atoms with Crippen LogP contribution in [0.4, 0.5) is 5.69 Å². The molecule has 108 valence electrons. The van der Waals surface area contributed by atoms with Crippen LogP contribution < -0.4 is 15.4 Å². The van der Waals surface area contributed by atoms with Crippen LogP contribution in [-0.2, 0) is 0 Å². The maximum Gasteiger partial charge on any atom is 0.171 e. The zero-order valence-corrected chi connectivity index (χ0v) is 12.7. The summed E-state index contributed by atoms with van der Waals surface area (Å²) in [6.45, 7) is 2.67. The van der Waals surface area contributed by atoms with E-state index in [1.165, 1.54) is 25.7 Å². The van der Waals surface area contributed by atoms with E-state index in [2.05, 4.69) is 10.6 Å². The van der Waals surface area contributed by atoms with E-state index in [0.717, 1.165) is 28.4 Å². The van der Waals surface area contributed by atoms with Gasteiger partial charge < -0.3 is 15.4 Å². The predicted molar refractivity (Wildman–Crippen MR) is 86.2 cm³/mol. The Hall–Kier alpha value is -1.29. The van der Waals surface area contributed by atoms with E-state index in [0.29, 0.717) is 12.6 Å². The van der Waals surface area contributed by atoms with Crippen molar-refractivity contribution in [2.45, 2.75) is 38.6 Å². The number of benzene rings is 1. The van der Waals surface area contributed by atoms with Crippen LogP contribution >= 0.6 is 12.2 Å². The summed E-state index contributed by atoms with van der Waals surface area (Å²) in [5, 5.41) is 7.49. The minimum absolute atomic E-state index is 0.573. The third kappa shape index (κ3) is 3.06. The summed E-state index contributed by atoms with van der Waals surface area (Å²) in [7, 11) is 0. The Morgan fingerprint density at radius 2 is 2.25 bits per heavy atom. The number of nitrogens with one attached hydrogen (secondary N) is 2. The quantitative estimate of drug-likeness (QED) is 0.831. The first-order valence-corrected chi connectivity index (χ1v) is 7.96. The van der Waals surface area contributed by atoms with Crippen molar-refractivity contribution in [2.24, 2.45) is 11.8 Å². The third-order valence-electron chi connectivity index (χ3n) is 4.46. The van der Waals surface area contributed by atoms with Crippen LogP contribution in [0.15, 0.2) is 24.3 Å². The second-order valence-corrected chi connectivity index (χ2v) is 6.25. The lowest BCUT2D eigenvalue weighted by atomic mass is 9.96. The van der Waals surface area contributed by atoms with Crippen LogP contribution in [-0.4, -0.2) is 17.8 Å². The van der Waals surface area contributed by atoms with E-state index in [9.17, 15) is 0 Å². The molecule has 2 bridgehead atoms. The van der Waals surface area contributed by atoms with Crippen molar-refractivity contribution in [3.05, 3.63) is 24.3 Å². The molecule has 0 aliphatic heterocycles. The van der Waals surface area contributed by atoms with Gasteiger partial charge in [0.15, 0.2) is 5.11 Å². The Morgan fingerprint density at radius 1 is 1.35 bits per heavy atom. The van der Waals surface area contributed by atoms with Gasteiger partial charge in [0.25, 0.3) is 0 Å². The van der Waals surface area contributed by atoms with Crippen molar-refractivity contribution in [3.63, 3.8) is 0 Å². The van der Waals surface area contributed by atoms with Crippen LogP contribution in [0.2, 0.25) is 0 Å². The summed E-state index contributed by atoms with van der Waals surface area (Å²) in [5.74, 6) is 2.64. The molecule has 0 aromatic heterocycles. The lowest BCUT2D eigenvalue weighted by molar-refractivity contribution is 0.340. The molecule has 0 unspecified atom stereocenters. The number of anilines is 1. The molecule has 2 aliphatic rings. The summed E-state index contributed by atoms with van der Waals surface area (Å²) in [5.41, 5.74) is 0.983. The van der Waals surface area contributed by atoms with Gasteiger partial charge in [-0.2, -0.15) is 0 Å². The molecule has 3 atom stereocenters. The Balaban J connectivity index is 1.54. The van der Waals surface area contributed by atoms with Crippen molar-refractivity contribution in [3.8, 4) is 5.75 Å². The van der Waals surface area contributed by atoms with Gasteiger partial charge in [0.1, 0.15) is 5.75 Å². The Labute approximate surface area is 126 Å². The van der Waals surface area contributed by atoms with E-state index >= 15 is 0 Å². The Bertz CT molecular complexity index is 491. The zero-order valence-electron chi connectivity index (χ0n) is 11.9. The number of rotatable bonds is 4. The molecule has 0 amide bonds. The molecule has 1 aromatic carbocycles. The van der Waals surface area contributed by atoms with Crippen molar-refractivity contribution in [1.29, 1.82) is 0 Å². The average molecular weight is 290 g/mol. The molecule has 0 spiro atoms. The van der Waals surface area contributed by atoms with Gasteiger partial charge >= 0.3 is 0 Å². The summed E-state index contributed by atoms with van der Waals surface area (Å²) in [4.78, 5) is 0. The van der Waals surface area contributed by atoms with Gasteiger partial charge in [0, 0.05) is 17.8 Å². The van der Waals surface area contributed by atoms with Gasteiger partial charge in [-0.15, -0.1) is 0 Å². The Morgan fingerprint density at radius 3 is 2.95 bits per heavy atom. The van der Waals surface area contributed by atoms with Crippen LogP contribution in [0.5, 0.6) is 5.75 Å². The molecule has 3 nitrogen and oxygen atoms in total. The standard InChI is InChI=1S/C16H22N2OS/c1-2-19-14-5-3-4-13(10-14)17-16(20)18-15-9-11-6-7-12(15)8-11/h3-5,10-12,15H,2,6-9H2,1H3,(H2,17,18,20)/t11-,12-,15-/m0/s1. The third-order valence-corrected chi connectivity index (χ3v) is 4.68. The topological polar surface area (TPSA) is 33.3 Å². The number of hydrogen-bond donors (Lipinski definition) is 2. The highest BCUT2D eigenvalue weighted by Gasteiger charge is 2.39. The zero-order chi connectivity index (χ0) is 13.9. The molecule has 2 saturated carbocycles. The highest BCUT2D eigenvalue weighted by Crippen LogP contribution is 2.44. The Kier molecular flexibility index (Phi) is 4.10. The van der Waals surface area contributed by atoms with Crippen molar-refractivity contribution < 1.29 is 4.74 Å². The van der Waals surface area contributed by atoms with Gasteiger partial charge in [-0.25, -0.2) is 0 Å². The second kappa shape index (κ2) is 6.00. The van der Waals surface area contributed by atoms with Crippen molar-refractivity contribution >= 4 is 23.0 Å². The fourth-order valence-electron chi connectivity index (χ4n) is 3.59. The highest BCUT2D eigenvalue weighted by atomic mass is 32.1. The summed E-state index contributed by atoms with van der Waals surface area (Å²) < 4.78 is 5.50. The van der Waals surface area contributed by atoms with Crippen LogP contribution in [0, 0.1) is 11.8 Å². The molecule has 1 aromatic rings. The van der Waals surface area contributed by atoms with E-state index in [4.69, 9.17) is 17.0 Å². The molecule has 2 aliphatic carbocycles. The maximum atomic E-state index is 5.50. The van der Waals surface area contributed by atoms with E-state index < -0.39 is 0 Å². The van der Waals surface area contributed by atoms with E-state index in [-0.39, 0.29) is 0 Å². The second-order valence-electron chi connectivity index (χ2n) is 5.84. The van der Waals surface area contributed by atoms with E-state index in [1.807, 2.05) is 31.2 Å².